The summed E-state index contributed by atoms with van der Waals surface area (Å²) in [4.78, 5) is 23.6. The summed E-state index contributed by atoms with van der Waals surface area (Å²) >= 11 is 3.49. The van der Waals surface area contributed by atoms with Crippen molar-refractivity contribution in [2.24, 2.45) is 0 Å². The summed E-state index contributed by atoms with van der Waals surface area (Å²) in [6.45, 7) is 2.21. The molecule has 0 unspecified atom stereocenters. The predicted molar refractivity (Wildman–Crippen MR) is 90.6 cm³/mol. The van der Waals surface area contributed by atoms with Crippen molar-refractivity contribution in [2.45, 2.75) is 12.7 Å². The van der Waals surface area contributed by atoms with Crippen LogP contribution in [0.1, 0.15) is 20.8 Å². The maximum absolute atomic E-state index is 12.0. The maximum Gasteiger partial charge on any atom is 0.272 e. The van der Waals surface area contributed by atoms with Gasteiger partial charge in [0.1, 0.15) is 0 Å². The van der Waals surface area contributed by atoms with Gasteiger partial charge in [0.25, 0.3) is 11.6 Å². The number of benzene rings is 1. The van der Waals surface area contributed by atoms with E-state index in [4.69, 9.17) is 0 Å². The van der Waals surface area contributed by atoms with E-state index in [1.165, 1.54) is 17.0 Å². The average molecular weight is 336 g/mol. The van der Waals surface area contributed by atoms with E-state index in [1.807, 2.05) is 6.07 Å². The summed E-state index contributed by atoms with van der Waals surface area (Å²) in [5, 5.41) is 15.6. The van der Waals surface area contributed by atoms with Gasteiger partial charge in [-0.05, 0) is 30.5 Å². The molecule has 1 amide bonds. The van der Waals surface area contributed by atoms with Crippen LogP contribution >= 0.6 is 23.1 Å². The molecular formula is C15H16N2O3S2. The number of nitro groups is 1. The van der Waals surface area contributed by atoms with Crippen LogP contribution < -0.4 is 5.32 Å². The normalized spacial score (nSPS) is 10.4. The summed E-state index contributed by atoms with van der Waals surface area (Å²) in [6.07, 6.45) is 0. The minimum absolute atomic E-state index is 0.0306. The molecule has 0 saturated carbocycles. The number of nitrogens with one attached hydrogen (secondary N) is 1. The predicted octanol–water partition coefficient (Wildman–Crippen LogP) is 3.63. The first-order valence-corrected chi connectivity index (χ1v) is 8.74. The van der Waals surface area contributed by atoms with E-state index in [0.717, 1.165) is 11.5 Å². The third-order valence-corrected chi connectivity index (χ3v) is 5.08. The molecule has 0 radical (unpaired) electrons. The van der Waals surface area contributed by atoms with Crippen LogP contribution in [0.5, 0.6) is 0 Å². The molecule has 1 heterocycles. The first-order valence-electron chi connectivity index (χ1n) is 6.71. The van der Waals surface area contributed by atoms with Gasteiger partial charge in [-0.25, -0.2) is 0 Å². The number of hydrogen-bond donors (Lipinski definition) is 1. The van der Waals surface area contributed by atoms with Crippen LogP contribution in [0.25, 0.3) is 0 Å². The zero-order valence-corrected chi connectivity index (χ0v) is 13.7. The van der Waals surface area contributed by atoms with Crippen LogP contribution in [0.2, 0.25) is 0 Å². The SMILES string of the molecule is Cc1cc(C(=O)NCCSCc2cccs2)ccc1[N+](=O)[O-]. The Morgan fingerprint density at radius 3 is 2.86 bits per heavy atom. The number of carbonyl (C=O) groups is 1. The van der Waals surface area contributed by atoms with Crippen LogP contribution in [0, 0.1) is 17.0 Å². The highest BCUT2D eigenvalue weighted by Gasteiger charge is 2.13. The fourth-order valence-electron chi connectivity index (χ4n) is 1.91. The number of hydrogen-bond acceptors (Lipinski definition) is 5. The van der Waals surface area contributed by atoms with Crippen LogP contribution in [0.15, 0.2) is 35.7 Å². The highest BCUT2D eigenvalue weighted by Crippen LogP contribution is 2.19. The molecular weight excluding hydrogens is 320 g/mol. The molecule has 0 aliphatic carbocycles. The van der Waals surface area contributed by atoms with Crippen molar-refractivity contribution in [3.05, 3.63) is 61.8 Å². The molecule has 116 valence electrons. The lowest BCUT2D eigenvalue weighted by molar-refractivity contribution is -0.385. The molecule has 1 aromatic heterocycles. The number of nitro benzene ring substituents is 1. The molecule has 2 aromatic rings. The van der Waals surface area contributed by atoms with E-state index < -0.39 is 4.92 Å². The monoisotopic (exact) mass is 336 g/mol. The van der Waals surface area contributed by atoms with Gasteiger partial charge in [0, 0.05) is 40.1 Å². The van der Waals surface area contributed by atoms with Crippen molar-refractivity contribution in [3.63, 3.8) is 0 Å². The number of amides is 1. The molecule has 0 spiro atoms. The summed E-state index contributed by atoms with van der Waals surface area (Å²) in [5.41, 5.74) is 0.971. The smallest absolute Gasteiger partial charge is 0.272 e. The largest absolute Gasteiger partial charge is 0.351 e. The van der Waals surface area contributed by atoms with Crippen molar-refractivity contribution in [1.82, 2.24) is 5.32 Å². The molecule has 22 heavy (non-hydrogen) atoms. The van der Waals surface area contributed by atoms with Crippen molar-refractivity contribution in [3.8, 4) is 0 Å². The minimum Gasteiger partial charge on any atom is -0.351 e. The molecule has 7 heteroatoms. The Balaban J connectivity index is 1.77. The zero-order valence-electron chi connectivity index (χ0n) is 12.1. The van der Waals surface area contributed by atoms with E-state index in [9.17, 15) is 14.9 Å². The van der Waals surface area contributed by atoms with Crippen LogP contribution in [0.3, 0.4) is 0 Å². The molecule has 0 aliphatic heterocycles. The molecule has 1 aromatic carbocycles. The molecule has 2 rings (SSSR count). The summed E-state index contributed by atoms with van der Waals surface area (Å²) in [7, 11) is 0. The third-order valence-electron chi connectivity index (χ3n) is 3.01. The number of carbonyl (C=O) groups excluding carboxylic acids is 1. The second-order valence-electron chi connectivity index (χ2n) is 4.65. The number of nitrogens with zero attached hydrogens (tertiary/aromatic N) is 1. The van der Waals surface area contributed by atoms with E-state index in [2.05, 4.69) is 16.8 Å². The fourth-order valence-corrected chi connectivity index (χ4v) is 3.61. The van der Waals surface area contributed by atoms with Gasteiger partial charge in [-0.3, -0.25) is 14.9 Å². The van der Waals surface area contributed by atoms with Crippen LogP contribution in [-0.4, -0.2) is 23.1 Å². The van der Waals surface area contributed by atoms with Gasteiger partial charge >= 0.3 is 0 Å². The second-order valence-corrected chi connectivity index (χ2v) is 6.78. The maximum atomic E-state index is 12.0. The lowest BCUT2D eigenvalue weighted by Crippen LogP contribution is -2.25. The average Bonchev–Trinajstić information content (AvgIpc) is 2.99. The van der Waals surface area contributed by atoms with E-state index in [1.54, 1.807) is 36.1 Å². The summed E-state index contributed by atoms with van der Waals surface area (Å²) in [6, 6.07) is 8.52. The van der Waals surface area contributed by atoms with Crippen molar-refractivity contribution in [2.75, 3.05) is 12.3 Å². The Morgan fingerprint density at radius 1 is 1.41 bits per heavy atom. The lowest BCUT2D eigenvalue weighted by Gasteiger charge is -2.06. The first-order chi connectivity index (χ1) is 10.6. The van der Waals surface area contributed by atoms with Crippen LogP contribution in [0.4, 0.5) is 5.69 Å². The fraction of sp³-hybridized carbons (Fsp3) is 0.267. The Labute approximate surface area is 136 Å². The van der Waals surface area contributed by atoms with Crippen LogP contribution in [-0.2, 0) is 5.75 Å². The molecule has 5 nitrogen and oxygen atoms in total. The molecule has 0 saturated heterocycles. The van der Waals surface area contributed by atoms with Gasteiger partial charge in [0.15, 0.2) is 0 Å². The number of thiophene rings is 1. The van der Waals surface area contributed by atoms with E-state index >= 15 is 0 Å². The highest BCUT2D eigenvalue weighted by molar-refractivity contribution is 7.98. The van der Waals surface area contributed by atoms with E-state index in [-0.39, 0.29) is 11.6 Å². The van der Waals surface area contributed by atoms with Gasteiger partial charge in [0.05, 0.1) is 4.92 Å². The molecule has 0 atom stereocenters. The minimum atomic E-state index is -0.446. The van der Waals surface area contributed by atoms with Crippen molar-refractivity contribution < 1.29 is 9.72 Å². The highest BCUT2D eigenvalue weighted by atomic mass is 32.2. The number of thioether (sulfide) groups is 1. The van der Waals surface area contributed by atoms with Gasteiger partial charge < -0.3 is 5.32 Å². The Kier molecular flexibility index (Phi) is 5.97. The number of aryl methyl sites for hydroxylation is 1. The molecule has 0 bridgehead atoms. The van der Waals surface area contributed by atoms with Crippen molar-refractivity contribution >= 4 is 34.7 Å². The zero-order chi connectivity index (χ0) is 15.9. The van der Waals surface area contributed by atoms with Gasteiger partial charge in [-0.1, -0.05) is 6.07 Å². The number of rotatable bonds is 7. The Morgan fingerprint density at radius 2 is 2.23 bits per heavy atom. The quantitative estimate of drug-likeness (QED) is 0.476. The summed E-state index contributed by atoms with van der Waals surface area (Å²) < 4.78 is 0. The van der Waals surface area contributed by atoms with Gasteiger partial charge in [-0.15, -0.1) is 11.3 Å². The van der Waals surface area contributed by atoms with E-state index in [0.29, 0.717) is 17.7 Å². The Hall–Kier alpha value is -1.86. The molecule has 1 N–H and O–H groups in total. The standard InChI is InChI=1S/C15H16N2O3S2/c1-11-9-12(4-5-14(11)17(19)20)15(18)16-6-8-21-10-13-3-2-7-22-13/h2-5,7,9H,6,8,10H2,1H3,(H,16,18). The molecule has 0 fully saturated rings. The summed E-state index contributed by atoms with van der Waals surface area (Å²) in [5.74, 6) is 1.58. The van der Waals surface area contributed by atoms with Gasteiger partial charge in [-0.2, -0.15) is 11.8 Å². The topological polar surface area (TPSA) is 72.2 Å². The Bertz CT molecular complexity index is 657. The van der Waals surface area contributed by atoms with Crippen molar-refractivity contribution in [1.29, 1.82) is 0 Å². The lowest BCUT2D eigenvalue weighted by atomic mass is 10.1. The third kappa shape index (κ3) is 4.57. The second kappa shape index (κ2) is 7.95. The first kappa shape index (κ1) is 16.5. The van der Waals surface area contributed by atoms with Gasteiger partial charge in [0.2, 0.25) is 0 Å². The molecule has 0 aliphatic rings.